The predicted octanol–water partition coefficient (Wildman–Crippen LogP) is 3.10. The Bertz CT molecular complexity index is 723. The highest BCUT2D eigenvalue weighted by atomic mass is 16.5. The largest absolute Gasteiger partial charge is 0.449 e. The third-order valence-corrected chi connectivity index (χ3v) is 4.05. The summed E-state index contributed by atoms with van der Waals surface area (Å²) >= 11 is 0. The Morgan fingerprint density at radius 3 is 2.46 bits per heavy atom. The van der Waals surface area contributed by atoms with Crippen molar-refractivity contribution in [1.29, 1.82) is 0 Å². The maximum Gasteiger partial charge on any atom is 0.339 e. The van der Waals surface area contributed by atoms with E-state index in [1.54, 1.807) is 19.1 Å². The maximum absolute atomic E-state index is 12.5. The van der Waals surface area contributed by atoms with Crippen LogP contribution in [-0.4, -0.2) is 24.0 Å². The molecule has 1 atom stereocenters. The number of amides is 1. The van der Waals surface area contributed by atoms with Crippen molar-refractivity contribution in [2.45, 2.75) is 38.3 Å². The fourth-order valence-corrected chi connectivity index (χ4v) is 2.51. The summed E-state index contributed by atoms with van der Waals surface area (Å²) < 4.78 is 5.35. The number of carbonyl (C=O) groups excluding carboxylic acids is 2. The SMILES string of the molecule is C[C@H](OC(=O)c1ccccc1Cc1ccccc1)C(=O)NC1CC1. The van der Waals surface area contributed by atoms with Crippen LogP contribution >= 0.6 is 0 Å². The summed E-state index contributed by atoms with van der Waals surface area (Å²) in [6.45, 7) is 1.61. The lowest BCUT2D eigenvalue weighted by molar-refractivity contribution is -0.129. The Balaban J connectivity index is 1.69. The summed E-state index contributed by atoms with van der Waals surface area (Å²) in [6.07, 6.45) is 1.87. The smallest absolute Gasteiger partial charge is 0.339 e. The number of hydrogen-bond donors (Lipinski definition) is 1. The number of hydrogen-bond acceptors (Lipinski definition) is 3. The first kappa shape index (κ1) is 16.2. The van der Waals surface area contributed by atoms with Crippen molar-refractivity contribution in [3.63, 3.8) is 0 Å². The second kappa shape index (κ2) is 7.30. The van der Waals surface area contributed by atoms with Crippen molar-refractivity contribution < 1.29 is 14.3 Å². The fourth-order valence-electron chi connectivity index (χ4n) is 2.51. The van der Waals surface area contributed by atoms with Gasteiger partial charge < -0.3 is 10.1 Å². The first-order valence-electron chi connectivity index (χ1n) is 8.26. The molecule has 0 aliphatic heterocycles. The molecule has 0 spiro atoms. The number of nitrogens with one attached hydrogen (secondary N) is 1. The van der Waals surface area contributed by atoms with E-state index in [0.29, 0.717) is 12.0 Å². The predicted molar refractivity (Wildman–Crippen MR) is 91.7 cm³/mol. The molecular formula is C20H21NO3. The molecule has 0 saturated heterocycles. The lowest BCUT2D eigenvalue weighted by atomic mass is 10.00. The molecule has 1 fully saturated rings. The molecule has 0 heterocycles. The summed E-state index contributed by atoms with van der Waals surface area (Å²) in [6, 6.07) is 17.6. The van der Waals surface area contributed by atoms with Crippen molar-refractivity contribution in [2.24, 2.45) is 0 Å². The maximum atomic E-state index is 12.5. The molecule has 1 N–H and O–H groups in total. The molecule has 1 aliphatic rings. The van der Waals surface area contributed by atoms with Crippen LogP contribution in [0.15, 0.2) is 54.6 Å². The van der Waals surface area contributed by atoms with E-state index in [0.717, 1.165) is 24.0 Å². The van der Waals surface area contributed by atoms with Crippen LogP contribution in [0.3, 0.4) is 0 Å². The van der Waals surface area contributed by atoms with Gasteiger partial charge in [0.15, 0.2) is 6.10 Å². The van der Waals surface area contributed by atoms with Gasteiger partial charge in [-0.05, 0) is 43.4 Å². The Hall–Kier alpha value is -2.62. The third-order valence-electron chi connectivity index (χ3n) is 4.05. The second-order valence-corrected chi connectivity index (χ2v) is 6.15. The van der Waals surface area contributed by atoms with Crippen LogP contribution < -0.4 is 5.32 Å². The molecule has 3 rings (SSSR count). The average Bonchev–Trinajstić information content (AvgIpc) is 3.40. The van der Waals surface area contributed by atoms with Crippen molar-refractivity contribution in [3.8, 4) is 0 Å². The van der Waals surface area contributed by atoms with Gasteiger partial charge in [0.25, 0.3) is 5.91 Å². The minimum absolute atomic E-state index is 0.230. The molecule has 24 heavy (non-hydrogen) atoms. The van der Waals surface area contributed by atoms with E-state index in [-0.39, 0.29) is 11.9 Å². The van der Waals surface area contributed by atoms with Gasteiger partial charge in [0.1, 0.15) is 0 Å². The Kier molecular flexibility index (Phi) is 4.94. The lowest BCUT2D eigenvalue weighted by Gasteiger charge is -2.15. The van der Waals surface area contributed by atoms with Gasteiger partial charge in [-0.15, -0.1) is 0 Å². The van der Waals surface area contributed by atoms with Crippen molar-refractivity contribution >= 4 is 11.9 Å². The second-order valence-electron chi connectivity index (χ2n) is 6.15. The molecule has 124 valence electrons. The third kappa shape index (κ3) is 4.22. The molecule has 2 aromatic carbocycles. The van der Waals surface area contributed by atoms with Gasteiger partial charge in [-0.1, -0.05) is 48.5 Å². The standard InChI is InChI=1S/C20H21NO3/c1-14(19(22)21-17-11-12-17)24-20(23)18-10-6-5-9-16(18)13-15-7-3-2-4-8-15/h2-10,14,17H,11-13H2,1H3,(H,21,22)/t14-/m0/s1. The Morgan fingerprint density at radius 1 is 1.08 bits per heavy atom. The van der Waals surface area contributed by atoms with Gasteiger partial charge in [0.2, 0.25) is 0 Å². The van der Waals surface area contributed by atoms with E-state index in [4.69, 9.17) is 4.74 Å². The molecule has 1 saturated carbocycles. The highest BCUT2D eigenvalue weighted by Gasteiger charge is 2.27. The van der Waals surface area contributed by atoms with Crippen LogP contribution in [0.4, 0.5) is 0 Å². The number of carbonyl (C=O) groups is 2. The molecule has 4 nitrogen and oxygen atoms in total. The summed E-state index contributed by atoms with van der Waals surface area (Å²) in [5, 5.41) is 2.85. The molecule has 4 heteroatoms. The van der Waals surface area contributed by atoms with Crippen molar-refractivity contribution in [2.75, 3.05) is 0 Å². The zero-order chi connectivity index (χ0) is 16.9. The normalized spacial score (nSPS) is 14.7. The first-order valence-corrected chi connectivity index (χ1v) is 8.26. The minimum atomic E-state index is -0.789. The number of rotatable bonds is 6. The van der Waals surface area contributed by atoms with Crippen molar-refractivity contribution in [3.05, 3.63) is 71.3 Å². The first-order chi connectivity index (χ1) is 11.6. The topological polar surface area (TPSA) is 55.4 Å². The molecule has 1 aliphatic carbocycles. The van der Waals surface area contributed by atoms with Gasteiger partial charge in [-0.3, -0.25) is 4.79 Å². The number of esters is 1. The summed E-state index contributed by atoms with van der Waals surface area (Å²) in [4.78, 5) is 24.4. The zero-order valence-electron chi connectivity index (χ0n) is 13.7. The van der Waals surface area contributed by atoms with E-state index in [1.807, 2.05) is 42.5 Å². The van der Waals surface area contributed by atoms with Crippen LogP contribution in [0, 0.1) is 0 Å². The molecule has 0 radical (unpaired) electrons. The van der Waals surface area contributed by atoms with Crippen LogP contribution in [0.25, 0.3) is 0 Å². The van der Waals surface area contributed by atoms with Crippen LogP contribution in [0.1, 0.15) is 41.3 Å². The quantitative estimate of drug-likeness (QED) is 0.831. The molecule has 0 bridgehead atoms. The van der Waals surface area contributed by atoms with Gasteiger partial charge in [-0.2, -0.15) is 0 Å². The van der Waals surface area contributed by atoms with E-state index < -0.39 is 12.1 Å². The van der Waals surface area contributed by atoms with Gasteiger partial charge in [-0.25, -0.2) is 4.79 Å². The summed E-state index contributed by atoms with van der Waals surface area (Å²) in [7, 11) is 0. The molecule has 0 aromatic heterocycles. The molecular weight excluding hydrogens is 302 g/mol. The van der Waals surface area contributed by atoms with Gasteiger partial charge >= 0.3 is 5.97 Å². The van der Waals surface area contributed by atoms with Crippen molar-refractivity contribution in [1.82, 2.24) is 5.32 Å². The van der Waals surface area contributed by atoms with Gasteiger partial charge in [0, 0.05) is 6.04 Å². The van der Waals surface area contributed by atoms with Crippen LogP contribution in [0.5, 0.6) is 0 Å². The van der Waals surface area contributed by atoms with E-state index >= 15 is 0 Å². The fraction of sp³-hybridized carbons (Fsp3) is 0.300. The zero-order valence-corrected chi connectivity index (χ0v) is 13.7. The van der Waals surface area contributed by atoms with E-state index in [2.05, 4.69) is 5.32 Å². The molecule has 2 aromatic rings. The molecule has 0 unspecified atom stereocenters. The van der Waals surface area contributed by atoms with E-state index in [9.17, 15) is 9.59 Å². The van der Waals surface area contributed by atoms with Gasteiger partial charge in [0.05, 0.1) is 5.56 Å². The number of benzene rings is 2. The highest BCUT2D eigenvalue weighted by Crippen LogP contribution is 2.19. The number of ether oxygens (including phenoxy) is 1. The minimum Gasteiger partial charge on any atom is -0.449 e. The van der Waals surface area contributed by atoms with E-state index in [1.165, 1.54) is 0 Å². The molecule has 1 amide bonds. The Morgan fingerprint density at radius 2 is 1.75 bits per heavy atom. The Labute approximate surface area is 141 Å². The van der Waals surface area contributed by atoms with Crippen LogP contribution in [-0.2, 0) is 16.0 Å². The summed E-state index contributed by atoms with van der Waals surface area (Å²) in [5.74, 6) is -0.689. The highest BCUT2D eigenvalue weighted by molar-refractivity contribution is 5.93. The average molecular weight is 323 g/mol. The monoisotopic (exact) mass is 323 g/mol. The lowest BCUT2D eigenvalue weighted by Crippen LogP contribution is -2.37. The van der Waals surface area contributed by atoms with Crippen LogP contribution in [0.2, 0.25) is 0 Å². The summed E-state index contributed by atoms with van der Waals surface area (Å²) in [5.41, 5.74) is 2.52.